The minimum Gasteiger partial charge on any atom is -0.309 e. The number of aromatic nitrogens is 1. The fourth-order valence-corrected chi connectivity index (χ4v) is 3.07. The summed E-state index contributed by atoms with van der Waals surface area (Å²) in [5.74, 6) is 0. The lowest BCUT2D eigenvalue weighted by Gasteiger charge is -2.11. The van der Waals surface area contributed by atoms with Crippen molar-refractivity contribution in [3.63, 3.8) is 0 Å². The molecule has 0 N–H and O–H groups in total. The van der Waals surface area contributed by atoms with E-state index in [1.165, 1.54) is 33.2 Å². The molecule has 0 aliphatic heterocycles. The van der Waals surface area contributed by atoms with Crippen molar-refractivity contribution in [2.45, 2.75) is 48.5 Å². The average Bonchev–Trinajstić information content (AvgIpc) is 3.24. The van der Waals surface area contributed by atoms with Crippen LogP contribution in [0.1, 0.15) is 48.5 Å². The van der Waals surface area contributed by atoms with Gasteiger partial charge in [0.2, 0.25) is 0 Å². The van der Waals surface area contributed by atoms with Gasteiger partial charge in [0.05, 0.1) is 11.2 Å². The van der Waals surface area contributed by atoms with E-state index in [-0.39, 0.29) is 0 Å². The van der Waals surface area contributed by atoms with Crippen LogP contribution in [0.5, 0.6) is 0 Å². The van der Waals surface area contributed by atoms with Crippen LogP contribution in [-0.2, 0) is 0 Å². The third-order valence-electron chi connectivity index (χ3n) is 3.93. The number of benzene rings is 3. The molecule has 0 bridgehead atoms. The van der Waals surface area contributed by atoms with Crippen LogP contribution in [0.25, 0.3) is 27.8 Å². The zero-order valence-corrected chi connectivity index (χ0v) is 21.5. The maximum Gasteiger partial charge on any atom is 0.0540 e. The fraction of sp³-hybridized carbons (Fsp3) is 0.241. The van der Waals surface area contributed by atoms with Gasteiger partial charge in [-0.25, -0.2) is 0 Å². The summed E-state index contributed by atoms with van der Waals surface area (Å²) < 4.78 is 2.33. The standard InChI is InChI=1S/C20H16NP.C3H6.3C2H6/c22-18-12-10-17(11-13-18)21-19-9-5-4-8-16(19)14-20(21)15-6-2-1-3-7-15;1-3-2;3*1-2/h1-14H,22H2;3H,1H2,2H3;3*1-2H3. The lowest BCUT2D eigenvalue weighted by atomic mass is 10.1. The quantitative estimate of drug-likeness (QED) is 0.219. The monoisotopic (exact) mass is 433 g/mol. The Morgan fingerprint density at radius 1 is 0.710 bits per heavy atom. The minimum absolute atomic E-state index is 1.19. The number of allylic oxidation sites excluding steroid dienone is 1. The normalized spacial score (nSPS) is 8.77. The van der Waals surface area contributed by atoms with Crippen molar-refractivity contribution < 1.29 is 0 Å². The summed E-state index contributed by atoms with van der Waals surface area (Å²) in [6, 6.07) is 29.9. The van der Waals surface area contributed by atoms with E-state index in [4.69, 9.17) is 0 Å². The van der Waals surface area contributed by atoms with Crippen LogP contribution in [0.4, 0.5) is 0 Å². The molecule has 0 amide bonds. The van der Waals surface area contributed by atoms with Crippen LogP contribution in [0, 0.1) is 0 Å². The van der Waals surface area contributed by atoms with E-state index in [1.807, 2.05) is 48.5 Å². The van der Waals surface area contributed by atoms with Gasteiger partial charge in [-0.05, 0) is 42.1 Å². The molecule has 0 saturated carbocycles. The third-order valence-corrected chi connectivity index (χ3v) is 4.32. The van der Waals surface area contributed by atoms with Gasteiger partial charge in [-0.2, -0.15) is 0 Å². The van der Waals surface area contributed by atoms with Gasteiger partial charge in [0.25, 0.3) is 0 Å². The van der Waals surface area contributed by atoms with E-state index in [9.17, 15) is 0 Å². The Balaban J connectivity index is 0.000000886. The largest absolute Gasteiger partial charge is 0.309 e. The van der Waals surface area contributed by atoms with Crippen molar-refractivity contribution in [2.75, 3.05) is 0 Å². The SMILES string of the molecule is C=CC.CC.CC.CC.Pc1ccc(-n2c(-c3ccccc3)cc3ccccc32)cc1. The average molecular weight is 434 g/mol. The van der Waals surface area contributed by atoms with Crippen LogP contribution in [0.3, 0.4) is 0 Å². The van der Waals surface area contributed by atoms with E-state index in [0.717, 1.165) is 0 Å². The van der Waals surface area contributed by atoms with E-state index < -0.39 is 0 Å². The number of rotatable bonds is 2. The molecule has 4 rings (SSSR count). The van der Waals surface area contributed by atoms with Gasteiger partial charge in [-0.15, -0.1) is 15.8 Å². The van der Waals surface area contributed by atoms with Gasteiger partial charge in [0.15, 0.2) is 0 Å². The molecular weight excluding hydrogens is 393 g/mol. The Morgan fingerprint density at radius 2 is 1.19 bits per heavy atom. The highest BCUT2D eigenvalue weighted by Crippen LogP contribution is 2.31. The second-order valence-electron chi connectivity index (χ2n) is 5.79. The molecular formula is C29H40NP. The highest BCUT2D eigenvalue weighted by Gasteiger charge is 2.11. The Morgan fingerprint density at radius 3 is 1.74 bits per heavy atom. The molecule has 0 saturated heterocycles. The number of nitrogens with zero attached hydrogens (tertiary/aromatic N) is 1. The molecule has 1 heterocycles. The van der Waals surface area contributed by atoms with Crippen LogP contribution < -0.4 is 5.30 Å². The van der Waals surface area contributed by atoms with Crippen molar-refractivity contribution in [3.05, 3.63) is 97.6 Å². The molecule has 1 atom stereocenters. The lowest BCUT2D eigenvalue weighted by molar-refractivity contribution is 1.14. The maximum absolute atomic E-state index is 3.36. The molecule has 2 heteroatoms. The van der Waals surface area contributed by atoms with Crippen LogP contribution >= 0.6 is 9.24 Å². The molecule has 0 fully saturated rings. The van der Waals surface area contributed by atoms with Crippen molar-refractivity contribution in [3.8, 4) is 16.9 Å². The number of hydrogen-bond donors (Lipinski definition) is 0. The summed E-state index contributed by atoms with van der Waals surface area (Å²) >= 11 is 0. The lowest BCUT2D eigenvalue weighted by Crippen LogP contribution is -1.98. The molecule has 0 aliphatic rings. The number of fused-ring (bicyclic) bond motifs is 1. The van der Waals surface area contributed by atoms with Gasteiger partial charge >= 0.3 is 0 Å². The third kappa shape index (κ3) is 8.19. The van der Waals surface area contributed by atoms with Gasteiger partial charge < -0.3 is 4.57 Å². The highest BCUT2D eigenvalue weighted by atomic mass is 31.0. The number of para-hydroxylation sites is 1. The van der Waals surface area contributed by atoms with Crippen molar-refractivity contribution >= 4 is 25.4 Å². The Hall–Kier alpha value is -2.63. The first kappa shape index (κ1) is 28.4. The molecule has 0 radical (unpaired) electrons. The number of hydrogen-bond acceptors (Lipinski definition) is 0. The second-order valence-corrected chi connectivity index (χ2v) is 6.46. The van der Waals surface area contributed by atoms with Gasteiger partial charge in [-0.1, -0.05) is 108 Å². The zero-order valence-electron chi connectivity index (χ0n) is 20.4. The molecule has 0 spiro atoms. The maximum atomic E-state index is 3.36. The molecule has 166 valence electrons. The highest BCUT2D eigenvalue weighted by molar-refractivity contribution is 7.27. The summed E-state index contributed by atoms with van der Waals surface area (Å²) in [5, 5.41) is 2.46. The van der Waals surface area contributed by atoms with Crippen molar-refractivity contribution in [2.24, 2.45) is 0 Å². The first-order valence-electron chi connectivity index (χ1n) is 11.3. The van der Waals surface area contributed by atoms with Crippen LogP contribution in [0.15, 0.2) is 97.6 Å². The molecule has 0 aliphatic carbocycles. The van der Waals surface area contributed by atoms with E-state index in [0.29, 0.717) is 0 Å². The predicted molar refractivity (Wildman–Crippen MR) is 148 cm³/mol. The first-order valence-corrected chi connectivity index (χ1v) is 11.9. The summed E-state index contributed by atoms with van der Waals surface area (Å²) in [7, 11) is 2.74. The summed E-state index contributed by atoms with van der Waals surface area (Å²) in [5.41, 5.74) is 4.87. The minimum atomic E-state index is 1.19. The van der Waals surface area contributed by atoms with Gasteiger partial charge in [0.1, 0.15) is 0 Å². The molecule has 1 nitrogen and oxygen atoms in total. The summed E-state index contributed by atoms with van der Waals surface area (Å²) in [6.45, 7) is 17.2. The van der Waals surface area contributed by atoms with E-state index in [2.05, 4.69) is 105 Å². The Kier molecular flexibility index (Phi) is 15.6. The second kappa shape index (κ2) is 17.1. The molecule has 4 aromatic rings. The molecule has 1 aromatic heterocycles. The predicted octanol–water partition coefficient (Wildman–Crippen LogP) is 9.07. The topological polar surface area (TPSA) is 4.93 Å². The Bertz CT molecular complexity index is 967. The first-order chi connectivity index (χ1) is 15.2. The van der Waals surface area contributed by atoms with E-state index in [1.54, 1.807) is 6.08 Å². The summed E-state index contributed by atoms with van der Waals surface area (Å²) in [6.07, 6.45) is 1.75. The smallest absolute Gasteiger partial charge is 0.0540 e. The summed E-state index contributed by atoms with van der Waals surface area (Å²) in [4.78, 5) is 0. The molecule has 1 unspecified atom stereocenters. The van der Waals surface area contributed by atoms with Crippen LogP contribution in [0.2, 0.25) is 0 Å². The zero-order chi connectivity index (χ0) is 23.6. The van der Waals surface area contributed by atoms with Crippen molar-refractivity contribution in [1.29, 1.82) is 0 Å². The molecule has 31 heavy (non-hydrogen) atoms. The van der Waals surface area contributed by atoms with Crippen molar-refractivity contribution in [1.82, 2.24) is 4.57 Å². The fourth-order valence-electron chi connectivity index (χ4n) is 2.88. The Labute approximate surface area is 193 Å². The van der Waals surface area contributed by atoms with Gasteiger partial charge in [0, 0.05) is 11.1 Å². The van der Waals surface area contributed by atoms with E-state index >= 15 is 0 Å². The van der Waals surface area contributed by atoms with Gasteiger partial charge in [-0.3, -0.25) is 0 Å². The van der Waals surface area contributed by atoms with Crippen LogP contribution in [-0.4, -0.2) is 4.57 Å². The molecule has 3 aromatic carbocycles.